The van der Waals surface area contributed by atoms with Crippen LogP contribution in [0.3, 0.4) is 0 Å². The van der Waals surface area contributed by atoms with Gasteiger partial charge in [0.2, 0.25) is 10.0 Å². The molecule has 1 aliphatic rings. The monoisotopic (exact) mass is 402 g/mol. The average Bonchev–Trinajstić information content (AvgIpc) is 2.94. The number of nitrogens with zero attached hydrogens (tertiary/aromatic N) is 1. The van der Waals surface area contributed by atoms with Crippen LogP contribution in [0.15, 0.2) is 59.5 Å². The van der Waals surface area contributed by atoms with Crippen LogP contribution in [-0.2, 0) is 19.6 Å². The number of amides is 2. The number of esters is 1. The molecule has 0 saturated heterocycles. The third-order valence-electron chi connectivity index (χ3n) is 4.13. The molecule has 0 saturated carbocycles. The SMILES string of the molecule is O=C(CCNS(=O)(=O)c1ccccc1)OCCN1C(=O)c2ccccc2C1=O. The zero-order chi connectivity index (χ0) is 20.1. The third kappa shape index (κ3) is 4.26. The largest absolute Gasteiger partial charge is 0.464 e. The second-order valence-corrected chi connectivity index (χ2v) is 7.76. The number of hydrogen-bond donors (Lipinski definition) is 1. The van der Waals surface area contributed by atoms with Crippen LogP contribution in [0.5, 0.6) is 0 Å². The molecule has 0 aliphatic carbocycles. The Kier molecular flexibility index (Phi) is 5.86. The Morgan fingerprint density at radius 2 is 1.50 bits per heavy atom. The van der Waals surface area contributed by atoms with E-state index in [1.54, 1.807) is 42.5 Å². The number of carbonyl (C=O) groups is 3. The topological polar surface area (TPSA) is 110 Å². The Balaban J connectivity index is 1.42. The van der Waals surface area contributed by atoms with E-state index in [0.29, 0.717) is 11.1 Å². The van der Waals surface area contributed by atoms with E-state index in [1.807, 2.05) is 0 Å². The number of imide groups is 1. The lowest BCUT2D eigenvalue weighted by Gasteiger charge is -2.13. The van der Waals surface area contributed by atoms with Gasteiger partial charge >= 0.3 is 5.97 Å². The van der Waals surface area contributed by atoms with Crippen molar-refractivity contribution >= 4 is 27.8 Å². The molecule has 0 radical (unpaired) electrons. The van der Waals surface area contributed by atoms with Gasteiger partial charge in [-0.25, -0.2) is 13.1 Å². The second kappa shape index (κ2) is 8.32. The molecular weight excluding hydrogens is 384 g/mol. The minimum Gasteiger partial charge on any atom is -0.464 e. The van der Waals surface area contributed by atoms with E-state index in [0.717, 1.165) is 4.90 Å². The van der Waals surface area contributed by atoms with Gasteiger partial charge in [-0.2, -0.15) is 0 Å². The van der Waals surface area contributed by atoms with E-state index >= 15 is 0 Å². The van der Waals surface area contributed by atoms with E-state index in [4.69, 9.17) is 4.74 Å². The summed E-state index contributed by atoms with van der Waals surface area (Å²) >= 11 is 0. The Labute approximate surface area is 162 Å². The lowest BCUT2D eigenvalue weighted by Crippen LogP contribution is -2.33. The zero-order valence-corrected chi connectivity index (χ0v) is 15.6. The highest BCUT2D eigenvalue weighted by molar-refractivity contribution is 7.89. The van der Waals surface area contributed by atoms with Gasteiger partial charge in [0, 0.05) is 6.54 Å². The van der Waals surface area contributed by atoms with Gasteiger partial charge in [0.25, 0.3) is 11.8 Å². The number of benzene rings is 2. The molecule has 3 rings (SSSR count). The first-order valence-corrected chi connectivity index (χ1v) is 10.0. The van der Waals surface area contributed by atoms with Gasteiger partial charge < -0.3 is 4.74 Å². The van der Waals surface area contributed by atoms with Crippen LogP contribution in [0.4, 0.5) is 0 Å². The van der Waals surface area contributed by atoms with Crippen molar-refractivity contribution in [3.05, 3.63) is 65.7 Å². The fourth-order valence-electron chi connectivity index (χ4n) is 2.74. The van der Waals surface area contributed by atoms with Crippen molar-refractivity contribution in [3.63, 3.8) is 0 Å². The number of hydrogen-bond acceptors (Lipinski definition) is 6. The van der Waals surface area contributed by atoms with Crippen LogP contribution >= 0.6 is 0 Å². The molecule has 0 spiro atoms. The van der Waals surface area contributed by atoms with Crippen LogP contribution in [0.1, 0.15) is 27.1 Å². The fourth-order valence-corrected chi connectivity index (χ4v) is 3.79. The van der Waals surface area contributed by atoms with Crippen LogP contribution in [0, 0.1) is 0 Å². The Morgan fingerprint density at radius 3 is 2.11 bits per heavy atom. The van der Waals surface area contributed by atoms with Gasteiger partial charge in [0.05, 0.1) is 29.0 Å². The summed E-state index contributed by atoms with van der Waals surface area (Å²) in [4.78, 5) is 37.3. The number of ether oxygens (including phenoxy) is 1. The lowest BCUT2D eigenvalue weighted by molar-refractivity contribution is -0.143. The summed E-state index contributed by atoms with van der Waals surface area (Å²) in [6, 6.07) is 14.3. The summed E-state index contributed by atoms with van der Waals surface area (Å²) in [6.07, 6.45) is -0.172. The van der Waals surface area contributed by atoms with Gasteiger partial charge in [0.15, 0.2) is 0 Å². The van der Waals surface area contributed by atoms with E-state index in [-0.39, 0.29) is 31.0 Å². The van der Waals surface area contributed by atoms with Gasteiger partial charge in [0.1, 0.15) is 6.61 Å². The van der Waals surface area contributed by atoms with Crippen molar-refractivity contribution in [2.75, 3.05) is 19.7 Å². The van der Waals surface area contributed by atoms with Gasteiger partial charge in [-0.3, -0.25) is 19.3 Å². The minimum atomic E-state index is -3.69. The Bertz CT molecular complexity index is 969. The molecule has 0 atom stereocenters. The summed E-state index contributed by atoms with van der Waals surface area (Å²) in [5.41, 5.74) is 0.656. The Morgan fingerprint density at radius 1 is 0.929 bits per heavy atom. The summed E-state index contributed by atoms with van der Waals surface area (Å²) in [7, 11) is -3.69. The maximum absolute atomic E-state index is 12.2. The highest BCUT2D eigenvalue weighted by atomic mass is 32.2. The van der Waals surface area contributed by atoms with E-state index in [9.17, 15) is 22.8 Å². The first-order valence-electron chi connectivity index (χ1n) is 8.56. The molecule has 1 heterocycles. The molecule has 1 N–H and O–H groups in total. The number of rotatable bonds is 8. The molecule has 28 heavy (non-hydrogen) atoms. The van der Waals surface area contributed by atoms with Crippen molar-refractivity contribution in [2.24, 2.45) is 0 Å². The molecule has 2 aromatic rings. The van der Waals surface area contributed by atoms with E-state index in [2.05, 4.69) is 4.72 Å². The third-order valence-corrected chi connectivity index (χ3v) is 5.61. The number of nitrogens with one attached hydrogen (secondary N) is 1. The predicted octanol–water partition coefficient (Wildman–Crippen LogP) is 1.19. The minimum absolute atomic E-state index is 0.0617. The highest BCUT2D eigenvalue weighted by Gasteiger charge is 2.34. The van der Waals surface area contributed by atoms with Crippen molar-refractivity contribution in [3.8, 4) is 0 Å². The van der Waals surface area contributed by atoms with E-state index in [1.165, 1.54) is 12.1 Å². The molecule has 0 aromatic heterocycles. The molecule has 8 nitrogen and oxygen atoms in total. The van der Waals surface area contributed by atoms with Gasteiger partial charge in [-0.15, -0.1) is 0 Å². The summed E-state index contributed by atoms with van der Waals surface area (Å²) in [6.45, 7) is -0.341. The van der Waals surface area contributed by atoms with Crippen molar-refractivity contribution < 1.29 is 27.5 Å². The molecule has 1 aliphatic heterocycles. The first kappa shape index (κ1) is 19.7. The van der Waals surface area contributed by atoms with Crippen molar-refractivity contribution in [2.45, 2.75) is 11.3 Å². The van der Waals surface area contributed by atoms with Crippen LogP contribution < -0.4 is 4.72 Å². The molecule has 0 fully saturated rings. The predicted molar refractivity (Wildman–Crippen MR) is 99.0 cm³/mol. The molecule has 2 aromatic carbocycles. The standard InChI is InChI=1S/C19H18N2O6S/c22-17(10-11-20-28(25,26)14-6-2-1-3-7-14)27-13-12-21-18(23)15-8-4-5-9-16(15)19(21)24/h1-9,20H,10-13H2. The number of carbonyl (C=O) groups excluding carboxylic acids is 3. The summed E-state index contributed by atoms with van der Waals surface area (Å²) in [5, 5.41) is 0. The van der Waals surface area contributed by atoms with Crippen molar-refractivity contribution in [1.29, 1.82) is 0 Å². The van der Waals surface area contributed by atoms with Crippen LogP contribution in [-0.4, -0.2) is 50.8 Å². The molecule has 0 bridgehead atoms. The summed E-state index contributed by atoms with van der Waals surface area (Å²) in [5.74, 6) is -1.48. The molecule has 2 amide bonds. The normalized spacial score (nSPS) is 13.5. The Hall–Kier alpha value is -3.04. The fraction of sp³-hybridized carbons (Fsp3) is 0.211. The maximum Gasteiger partial charge on any atom is 0.307 e. The summed E-state index contributed by atoms with van der Waals surface area (Å²) < 4.78 is 31.4. The number of sulfonamides is 1. The number of fused-ring (bicyclic) bond motifs is 1. The average molecular weight is 402 g/mol. The molecule has 146 valence electrons. The highest BCUT2D eigenvalue weighted by Crippen LogP contribution is 2.21. The zero-order valence-electron chi connectivity index (χ0n) is 14.8. The quantitative estimate of drug-likeness (QED) is 0.525. The maximum atomic E-state index is 12.2. The molecule has 0 unspecified atom stereocenters. The van der Waals surface area contributed by atoms with Crippen LogP contribution in [0.2, 0.25) is 0 Å². The molecular formula is C19H18N2O6S. The second-order valence-electron chi connectivity index (χ2n) is 5.99. The lowest BCUT2D eigenvalue weighted by atomic mass is 10.1. The van der Waals surface area contributed by atoms with E-state index < -0.39 is 27.8 Å². The smallest absolute Gasteiger partial charge is 0.307 e. The first-order chi connectivity index (χ1) is 13.4. The van der Waals surface area contributed by atoms with Gasteiger partial charge in [-0.1, -0.05) is 30.3 Å². The van der Waals surface area contributed by atoms with Gasteiger partial charge in [-0.05, 0) is 24.3 Å². The molecule has 9 heteroatoms. The van der Waals surface area contributed by atoms with Crippen LogP contribution in [0.25, 0.3) is 0 Å². The van der Waals surface area contributed by atoms with Crippen molar-refractivity contribution in [1.82, 2.24) is 9.62 Å².